The van der Waals surface area contributed by atoms with E-state index < -0.39 is 0 Å². The smallest absolute Gasteiger partial charge is 0.251 e. The minimum absolute atomic E-state index is 0.0692. The van der Waals surface area contributed by atoms with Crippen molar-refractivity contribution in [3.8, 4) is 0 Å². The molecule has 26 heavy (non-hydrogen) atoms. The Morgan fingerprint density at radius 3 is 2.35 bits per heavy atom. The van der Waals surface area contributed by atoms with Crippen molar-refractivity contribution in [1.29, 1.82) is 0 Å². The van der Waals surface area contributed by atoms with Crippen molar-refractivity contribution in [2.75, 3.05) is 6.54 Å². The molecular weight excluding hydrogens is 324 g/mol. The fourth-order valence-corrected chi connectivity index (χ4v) is 2.92. The normalized spacial score (nSPS) is 10.5. The zero-order chi connectivity index (χ0) is 18.4. The van der Waals surface area contributed by atoms with Gasteiger partial charge in [-0.15, -0.1) is 0 Å². The van der Waals surface area contributed by atoms with E-state index in [-0.39, 0.29) is 11.8 Å². The number of benzene rings is 3. The van der Waals surface area contributed by atoms with E-state index >= 15 is 0 Å². The summed E-state index contributed by atoms with van der Waals surface area (Å²) in [7, 11) is 0. The average molecular weight is 346 g/mol. The first kappa shape index (κ1) is 17.7. The van der Waals surface area contributed by atoms with Gasteiger partial charge in [0.05, 0.1) is 0 Å². The molecule has 0 saturated carbocycles. The number of amides is 2. The molecule has 0 bridgehead atoms. The van der Waals surface area contributed by atoms with E-state index in [1.54, 1.807) is 12.1 Å². The third-order valence-corrected chi connectivity index (χ3v) is 4.32. The molecule has 3 aromatic rings. The van der Waals surface area contributed by atoms with Crippen LogP contribution < -0.4 is 10.6 Å². The summed E-state index contributed by atoms with van der Waals surface area (Å²) in [6.07, 6.45) is 0.785. The molecular formula is C22H22N2O2. The van der Waals surface area contributed by atoms with Crippen LogP contribution in [0.2, 0.25) is 0 Å². The largest absolute Gasteiger partial charge is 0.352 e. The topological polar surface area (TPSA) is 58.2 Å². The molecule has 0 heterocycles. The summed E-state index contributed by atoms with van der Waals surface area (Å²) < 4.78 is 0. The Balaban J connectivity index is 1.56. The lowest BCUT2D eigenvalue weighted by Crippen LogP contribution is -2.25. The van der Waals surface area contributed by atoms with Gasteiger partial charge in [0.2, 0.25) is 5.91 Å². The van der Waals surface area contributed by atoms with Crippen LogP contribution in [-0.2, 0) is 17.8 Å². The molecule has 0 aliphatic rings. The van der Waals surface area contributed by atoms with Crippen LogP contribution in [0.3, 0.4) is 0 Å². The van der Waals surface area contributed by atoms with Crippen LogP contribution >= 0.6 is 0 Å². The van der Waals surface area contributed by atoms with E-state index in [1.807, 2.05) is 30.3 Å². The Labute approximate surface area is 153 Å². The molecule has 0 unspecified atom stereocenters. The second kappa shape index (κ2) is 8.30. The van der Waals surface area contributed by atoms with Crippen LogP contribution in [0.15, 0.2) is 66.7 Å². The Hall–Kier alpha value is -3.14. The summed E-state index contributed by atoms with van der Waals surface area (Å²) >= 11 is 0. The molecule has 4 nitrogen and oxygen atoms in total. The monoisotopic (exact) mass is 346 g/mol. The van der Waals surface area contributed by atoms with Gasteiger partial charge in [-0.25, -0.2) is 0 Å². The third kappa shape index (κ3) is 4.48. The molecule has 132 valence electrons. The van der Waals surface area contributed by atoms with E-state index in [4.69, 9.17) is 0 Å². The molecule has 2 amide bonds. The number of hydrogen-bond donors (Lipinski definition) is 2. The average Bonchev–Trinajstić information content (AvgIpc) is 2.67. The van der Waals surface area contributed by atoms with Gasteiger partial charge in [-0.3, -0.25) is 9.59 Å². The van der Waals surface area contributed by atoms with Gasteiger partial charge in [0, 0.05) is 25.6 Å². The number of nitrogens with one attached hydrogen (secondary N) is 2. The SMILES string of the molecule is CC(=O)NCc1ccc(C(=O)NCCc2cccc3ccccc23)cc1. The van der Waals surface area contributed by atoms with E-state index in [9.17, 15) is 9.59 Å². The summed E-state index contributed by atoms with van der Waals surface area (Å²) in [6, 6.07) is 21.8. The van der Waals surface area contributed by atoms with E-state index in [0.29, 0.717) is 18.7 Å². The summed E-state index contributed by atoms with van der Waals surface area (Å²) in [6.45, 7) is 2.54. The highest BCUT2D eigenvalue weighted by Crippen LogP contribution is 2.18. The van der Waals surface area contributed by atoms with Crippen molar-refractivity contribution in [1.82, 2.24) is 10.6 Å². The highest BCUT2D eigenvalue weighted by molar-refractivity contribution is 5.94. The maximum Gasteiger partial charge on any atom is 0.251 e. The second-order valence-corrected chi connectivity index (χ2v) is 6.25. The van der Waals surface area contributed by atoms with Crippen LogP contribution in [0.25, 0.3) is 10.8 Å². The third-order valence-electron chi connectivity index (χ3n) is 4.32. The number of hydrogen-bond acceptors (Lipinski definition) is 2. The molecule has 0 atom stereocenters. The van der Waals surface area contributed by atoms with Gasteiger partial charge in [-0.05, 0) is 40.5 Å². The van der Waals surface area contributed by atoms with Gasteiger partial charge in [-0.2, -0.15) is 0 Å². The molecule has 0 spiro atoms. The van der Waals surface area contributed by atoms with Crippen molar-refractivity contribution >= 4 is 22.6 Å². The molecule has 3 aromatic carbocycles. The summed E-state index contributed by atoms with van der Waals surface area (Å²) in [5.74, 6) is -0.156. The lowest BCUT2D eigenvalue weighted by atomic mass is 10.0. The first-order valence-corrected chi connectivity index (χ1v) is 8.72. The van der Waals surface area contributed by atoms with Crippen LogP contribution in [-0.4, -0.2) is 18.4 Å². The zero-order valence-electron chi connectivity index (χ0n) is 14.8. The van der Waals surface area contributed by atoms with Gasteiger partial charge in [-0.1, -0.05) is 54.6 Å². The maximum atomic E-state index is 12.3. The molecule has 0 saturated heterocycles. The minimum Gasteiger partial charge on any atom is -0.352 e. The Kier molecular flexibility index (Phi) is 5.64. The highest BCUT2D eigenvalue weighted by Gasteiger charge is 2.06. The van der Waals surface area contributed by atoms with Crippen molar-refractivity contribution < 1.29 is 9.59 Å². The van der Waals surface area contributed by atoms with Gasteiger partial charge >= 0.3 is 0 Å². The molecule has 3 rings (SSSR count). The number of carbonyl (C=O) groups excluding carboxylic acids is 2. The van der Waals surface area contributed by atoms with Gasteiger partial charge in [0.1, 0.15) is 0 Å². The molecule has 0 aromatic heterocycles. The van der Waals surface area contributed by atoms with E-state index in [2.05, 4.69) is 34.9 Å². The predicted molar refractivity (Wildman–Crippen MR) is 104 cm³/mol. The van der Waals surface area contributed by atoms with E-state index in [0.717, 1.165) is 12.0 Å². The number of rotatable bonds is 6. The number of fused-ring (bicyclic) bond motifs is 1. The fourth-order valence-electron chi connectivity index (χ4n) is 2.92. The van der Waals surface area contributed by atoms with Gasteiger partial charge in [0.15, 0.2) is 0 Å². The highest BCUT2D eigenvalue weighted by atomic mass is 16.2. The summed E-state index contributed by atoms with van der Waals surface area (Å²) in [5, 5.41) is 8.15. The van der Waals surface area contributed by atoms with Crippen LogP contribution in [0, 0.1) is 0 Å². The van der Waals surface area contributed by atoms with Crippen molar-refractivity contribution in [3.05, 3.63) is 83.4 Å². The molecule has 4 heteroatoms. The maximum absolute atomic E-state index is 12.3. The zero-order valence-corrected chi connectivity index (χ0v) is 14.8. The second-order valence-electron chi connectivity index (χ2n) is 6.25. The molecule has 0 aliphatic carbocycles. The Bertz CT molecular complexity index is 912. The molecule has 2 N–H and O–H groups in total. The first-order chi connectivity index (χ1) is 12.6. The van der Waals surface area contributed by atoms with Crippen molar-refractivity contribution in [2.24, 2.45) is 0 Å². The standard InChI is InChI=1S/C22H22N2O2/c1-16(25)24-15-17-9-11-20(12-10-17)22(26)23-14-13-19-7-4-6-18-5-2-3-8-21(18)19/h2-12H,13-15H2,1H3,(H,23,26)(H,24,25). The van der Waals surface area contributed by atoms with Gasteiger partial charge in [0.25, 0.3) is 5.91 Å². The lowest BCUT2D eigenvalue weighted by molar-refractivity contribution is -0.119. The lowest BCUT2D eigenvalue weighted by Gasteiger charge is -2.09. The van der Waals surface area contributed by atoms with Gasteiger partial charge < -0.3 is 10.6 Å². The van der Waals surface area contributed by atoms with Crippen molar-refractivity contribution in [2.45, 2.75) is 19.9 Å². The van der Waals surface area contributed by atoms with Crippen LogP contribution in [0.5, 0.6) is 0 Å². The van der Waals surface area contributed by atoms with Crippen molar-refractivity contribution in [3.63, 3.8) is 0 Å². The molecule has 0 aliphatic heterocycles. The minimum atomic E-state index is -0.0867. The number of carbonyl (C=O) groups is 2. The Morgan fingerprint density at radius 2 is 1.58 bits per heavy atom. The molecule has 0 fully saturated rings. The first-order valence-electron chi connectivity index (χ1n) is 8.72. The quantitative estimate of drug-likeness (QED) is 0.718. The van der Waals surface area contributed by atoms with Crippen LogP contribution in [0.1, 0.15) is 28.4 Å². The van der Waals surface area contributed by atoms with Crippen LogP contribution in [0.4, 0.5) is 0 Å². The predicted octanol–water partition coefficient (Wildman–Crippen LogP) is 3.45. The summed E-state index contributed by atoms with van der Waals surface area (Å²) in [4.78, 5) is 23.2. The fraction of sp³-hybridized carbons (Fsp3) is 0.182. The van der Waals surface area contributed by atoms with E-state index in [1.165, 1.54) is 23.3 Å². The Morgan fingerprint density at radius 1 is 0.846 bits per heavy atom. The summed E-state index contributed by atoms with van der Waals surface area (Å²) in [5.41, 5.74) is 2.82. The molecule has 0 radical (unpaired) electrons.